The van der Waals surface area contributed by atoms with Crippen LogP contribution >= 0.6 is 0 Å². The second-order valence-corrected chi connectivity index (χ2v) is 5.73. The van der Waals surface area contributed by atoms with E-state index in [9.17, 15) is 14.9 Å². The van der Waals surface area contributed by atoms with Crippen LogP contribution < -0.4 is 14.8 Å². The molecule has 8 nitrogen and oxygen atoms in total. The standard InChI is InChI=1S/C18H18N2O6/c1-24-16-7-2-12(10-17(16)26-15-8-9-25-11-15)18(21)19-13-3-5-14(6-4-13)20(22)23/h2-7,10,15H,8-9,11H2,1H3,(H,19,21). The number of nitrogens with one attached hydrogen (secondary N) is 1. The fraction of sp³-hybridized carbons (Fsp3) is 0.278. The molecule has 0 bridgehead atoms. The number of carbonyl (C=O) groups excluding carboxylic acids is 1. The van der Waals surface area contributed by atoms with E-state index in [-0.39, 0.29) is 17.7 Å². The highest BCUT2D eigenvalue weighted by Crippen LogP contribution is 2.30. The van der Waals surface area contributed by atoms with Gasteiger partial charge < -0.3 is 19.5 Å². The number of non-ortho nitro benzene ring substituents is 1. The highest BCUT2D eigenvalue weighted by Gasteiger charge is 2.20. The number of benzene rings is 2. The molecule has 0 saturated carbocycles. The Bertz CT molecular complexity index is 800. The Morgan fingerprint density at radius 3 is 2.62 bits per heavy atom. The molecule has 8 heteroatoms. The molecule has 2 aromatic carbocycles. The summed E-state index contributed by atoms with van der Waals surface area (Å²) in [4.78, 5) is 22.6. The third-order valence-corrected chi connectivity index (χ3v) is 3.94. The lowest BCUT2D eigenvalue weighted by atomic mass is 10.1. The molecule has 0 radical (unpaired) electrons. The van der Waals surface area contributed by atoms with E-state index < -0.39 is 4.92 Å². The summed E-state index contributed by atoms with van der Waals surface area (Å²) in [5.41, 5.74) is 0.808. The number of nitrogens with zero attached hydrogens (tertiary/aromatic N) is 1. The van der Waals surface area contributed by atoms with E-state index in [1.807, 2.05) is 0 Å². The Labute approximate surface area is 149 Å². The van der Waals surface area contributed by atoms with Gasteiger partial charge in [-0.3, -0.25) is 14.9 Å². The van der Waals surface area contributed by atoms with Crippen LogP contribution in [0.5, 0.6) is 11.5 Å². The number of methoxy groups -OCH3 is 1. The van der Waals surface area contributed by atoms with Crippen molar-refractivity contribution in [1.29, 1.82) is 0 Å². The summed E-state index contributed by atoms with van der Waals surface area (Å²) in [6, 6.07) is 10.5. The molecule has 0 aliphatic carbocycles. The van der Waals surface area contributed by atoms with Gasteiger partial charge in [0.2, 0.25) is 0 Å². The van der Waals surface area contributed by atoms with E-state index in [1.165, 1.54) is 31.4 Å². The molecule has 1 saturated heterocycles. The number of hydrogen-bond acceptors (Lipinski definition) is 6. The molecule has 26 heavy (non-hydrogen) atoms. The largest absolute Gasteiger partial charge is 0.493 e. The van der Waals surface area contributed by atoms with Crippen molar-refractivity contribution in [2.75, 3.05) is 25.6 Å². The van der Waals surface area contributed by atoms with E-state index in [4.69, 9.17) is 14.2 Å². The second-order valence-electron chi connectivity index (χ2n) is 5.73. The van der Waals surface area contributed by atoms with Crippen LogP contribution in [0.4, 0.5) is 11.4 Å². The molecular weight excluding hydrogens is 340 g/mol. The lowest BCUT2D eigenvalue weighted by Crippen LogP contribution is -2.17. The number of hydrogen-bond donors (Lipinski definition) is 1. The lowest BCUT2D eigenvalue weighted by molar-refractivity contribution is -0.384. The maximum absolute atomic E-state index is 12.5. The van der Waals surface area contributed by atoms with Gasteiger partial charge in [-0.2, -0.15) is 0 Å². The Morgan fingerprint density at radius 2 is 2.00 bits per heavy atom. The fourth-order valence-corrected chi connectivity index (χ4v) is 2.57. The normalized spacial score (nSPS) is 16.1. The minimum absolute atomic E-state index is 0.0399. The third-order valence-electron chi connectivity index (χ3n) is 3.94. The van der Waals surface area contributed by atoms with Crippen LogP contribution in [0.1, 0.15) is 16.8 Å². The molecule has 1 amide bonds. The number of ether oxygens (including phenoxy) is 3. The Balaban J connectivity index is 1.74. The van der Waals surface area contributed by atoms with Crippen LogP contribution in [0, 0.1) is 10.1 Å². The maximum Gasteiger partial charge on any atom is 0.269 e. The molecule has 1 N–H and O–H groups in total. The number of anilines is 1. The minimum Gasteiger partial charge on any atom is -0.493 e. The fourth-order valence-electron chi connectivity index (χ4n) is 2.57. The summed E-state index contributed by atoms with van der Waals surface area (Å²) in [5.74, 6) is 0.650. The summed E-state index contributed by atoms with van der Waals surface area (Å²) in [5, 5.41) is 13.4. The van der Waals surface area contributed by atoms with Crippen LogP contribution in [-0.2, 0) is 4.74 Å². The SMILES string of the molecule is COc1ccc(C(=O)Nc2ccc([N+](=O)[O-])cc2)cc1OC1CCOC1. The summed E-state index contributed by atoms with van der Waals surface area (Å²) in [6.07, 6.45) is 0.708. The maximum atomic E-state index is 12.5. The van der Waals surface area contributed by atoms with E-state index in [1.54, 1.807) is 18.2 Å². The van der Waals surface area contributed by atoms with Crippen LogP contribution in [0.3, 0.4) is 0 Å². The van der Waals surface area contributed by atoms with Crippen molar-refractivity contribution < 1.29 is 23.9 Å². The smallest absolute Gasteiger partial charge is 0.269 e. The van der Waals surface area contributed by atoms with Gasteiger partial charge in [-0.25, -0.2) is 0 Å². The number of nitro benzene ring substituents is 1. The van der Waals surface area contributed by atoms with Gasteiger partial charge in [-0.05, 0) is 30.3 Å². The number of nitro groups is 1. The summed E-state index contributed by atoms with van der Waals surface area (Å²) < 4.78 is 16.5. The Kier molecular flexibility index (Phi) is 5.33. The molecule has 1 unspecified atom stereocenters. The zero-order valence-corrected chi connectivity index (χ0v) is 14.1. The molecule has 0 aromatic heterocycles. The highest BCUT2D eigenvalue weighted by molar-refractivity contribution is 6.04. The first-order chi connectivity index (χ1) is 12.6. The van der Waals surface area contributed by atoms with E-state index in [0.29, 0.717) is 36.0 Å². The highest BCUT2D eigenvalue weighted by atomic mass is 16.6. The van der Waals surface area contributed by atoms with Gasteiger partial charge in [0.25, 0.3) is 11.6 Å². The molecule has 1 aliphatic heterocycles. The first kappa shape index (κ1) is 17.7. The average Bonchev–Trinajstić information content (AvgIpc) is 3.15. The van der Waals surface area contributed by atoms with Gasteiger partial charge in [0, 0.05) is 29.8 Å². The van der Waals surface area contributed by atoms with Gasteiger partial charge in [-0.15, -0.1) is 0 Å². The van der Waals surface area contributed by atoms with Gasteiger partial charge in [0.15, 0.2) is 11.5 Å². The van der Waals surface area contributed by atoms with Gasteiger partial charge in [0.1, 0.15) is 6.10 Å². The van der Waals surface area contributed by atoms with Gasteiger partial charge in [-0.1, -0.05) is 0 Å². The minimum atomic E-state index is -0.495. The topological polar surface area (TPSA) is 99.9 Å². The quantitative estimate of drug-likeness (QED) is 0.629. The third kappa shape index (κ3) is 4.09. The Hall–Kier alpha value is -3.13. The molecule has 3 rings (SSSR count). The van der Waals surface area contributed by atoms with Crippen molar-refractivity contribution in [3.05, 3.63) is 58.1 Å². The lowest BCUT2D eigenvalue weighted by Gasteiger charge is -2.16. The van der Waals surface area contributed by atoms with Crippen LogP contribution in [0.2, 0.25) is 0 Å². The second kappa shape index (κ2) is 7.83. The number of amides is 1. The first-order valence-corrected chi connectivity index (χ1v) is 8.05. The van der Waals surface area contributed by atoms with Crippen molar-refractivity contribution in [2.45, 2.75) is 12.5 Å². The van der Waals surface area contributed by atoms with Crippen LogP contribution in [0.15, 0.2) is 42.5 Å². The monoisotopic (exact) mass is 358 g/mol. The van der Waals surface area contributed by atoms with E-state index in [0.717, 1.165) is 6.42 Å². The summed E-state index contributed by atoms with van der Waals surface area (Å²) in [6.45, 7) is 1.15. The van der Waals surface area contributed by atoms with Crippen molar-refractivity contribution in [3.63, 3.8) is 0 Å². The van der Waals surface area contributed by atoms with Gasteiger partial charge in [0.05, 0.1) is 25.2 Å². The zero-order chi connectivity index (χ0) is 18.5. The summed E-state index contributed by atoms with van der Waals surface area (Å²) in [7, 11) is 1.53. The Morgan fingerprint density at radius 1 is 1.23 bits per heavy atom. The first-order valence-electron chi connectivity index (χ1n) is 8.05. The molecule has 1 heterocycles. The van der Waals surface area contributed by atoms with Crippen molar-refractivity contribution in [2.24, 2.45) is 0 Å². The van der Waals surface area contributed by atoms with Crippen LogP contribution in [-0.4, -0.2) is 37.3 Å². The van der Waals surface area contributed by atoms with Crippen molar-refractivity contribution >= 4 is 17.3 Å². The van der Waals surface area contributed by atoms with Gasteiger partial charge >= 0.3 is 0 Å². The zero-order valence-electron chi connectivity index (χ0n) is 14.1. The predicted molar refractivity (Wildman–Crippen MR) is 93.9 cm³/mol. The van der Waals surface area contributed by atoms with E-state index >= 15 is 0 Å². The molecule has 1 fully saturated rings. The molecule has 1 aliphatic rings. The number of rotatable bonds is 6. The van der Waals surface area contributed by atoms with Crippen LogP contribution in [0.25, 0.3) is 0 Å². The number of carbonyl (C=O) groups is 1. The molecule has 1 atom stereocenters. The molecule has 2 aromatic rings. The van der Waals surface area contributed by atoms with Crippen molar-refractivity contribution in [1.82, 2.24) is 0 Å². The summed E-state index contributed by atoms with van der Waals surface area (Å²) >= 11 is 0. The predicted octanol–water partition coefficient (Wildman–Crippen LogP) is 3.02. The molecular formula is C18H18N2O6. The molecule has 136 valence electrons. The van der Waals surface area contributed by atoms with Crippen molar-refractivity contribution in [3.8, 4) is 11.5 Å². The average molecular weight is 358 g/mol. The molecule has 0 spiro atoms. The van der Waals surface area contributed by atoms with E-state index in [2.05, 4.69) is 5.32 Å².